The fourth-order valence-corrected chi connectivity index (χ4v) is 5.10. The molecule has 5 heteroatoms. The van der Waals surface area contributed by atoms with Gasteiger partial charge in [-0.2, -0.15) is 13.2 Å². The summed E-state index contributed by atoms with van der Waals surface area (Å²) in [6.45, 7) is 0. The number of nitrogens with one attached hydrogen (secondary N) is 1. The Kier molecular flexibility index (Phi) is 2.95. The minimum atomic E-state index is -4.36. The highest BCUT2D eigenvalue weighted by atomic mass is 19.4. The monoisotopic (exact) mass is 296 g/mol. The van der Waals surface area contributed by atoms with Crippen LogP contribution in [0.3, 0.4) is 0 Å². The predicted molar refractivity (Wildman–Crippen MR) is 73.7 cm³/mol. The van der Waals surface area contributed by atoms with Gasteiger partial charge >= 0.3 is 6.18 Å². The van der Waals surface area contributed by atoms with E-state index in [0.29, 0.717) is 12.0 Å². The lowest BCUT2D eigenvalue weighted by Gasteiger charge is -2.32. The molecule has 0 aliphatic heterocycles. The van der Waals surface area contributed by atoms with E-state index in [4.69, 9.17) is 0 Å². The van der Waals surface area contributed by atoms with Crippen LogP contribution in [0.4, 0.5) is 18.9 Å². The Morgan fingerprint density at radius 3 is 2.57 bits per heavy atom. The first-order valence-corrected chi connectivity index (χ1v) is 7.82. The van der Waals surface area contributed by atoms with Gasteiger partial charge in [-0.25, -0.2) is 4.98 Å². The number of hydrogen-bond donors (Lipinski definition) is 1. The van der Waals surface area contributed by atoms with Crippen LogP contribution in [0.25, 0.3) is 0 Å². The maximum atomic E-state index is 12.5. The number of pyridine rings is 1. The average molecular weight is 296 g/mol. The SMILES string of the molecule is FC(F)(F)c1ccc(NC2CC3CC2C2CCCC32)cn1. The number of anilines is 1. The number of aromatic nitrogens is 1. The first-order chi connectivity index (χ1) is 10.0. The third-order valence-corrected chi connectivity index (χ3v) is 5.83. The fraction of sp³-hybridized carbons (Fsp3) is 0.688. The second-order valence-electron chi connectivity index (χ2n) is 6.83. The van der Waals surface area contributed by atoms with E-state index >= 15 is 0 Å². The van der Waals surface area contributed by atoms with Gasteiger partial charge in [0.1, 0.15) is 5.69 Å². The molecule has 2 nitrogen and oxygen atoms in total. The summed E-state index contributed by atoms with van der Waals surface area (Å²) in [4.78, 5) is 3.53. The van der Waals surface area contributed by atoms with Crippen molar-refractivity contribution in [2.24, 2.45) is 23.7 Å². The molecule has 0 spiro atoms. The van der Waals surface area contributed by atoms with Crippen LogP contribution in [0.15, 0.2) is 18.3 Å². The van der Waals surface area contributed by atoms with E-state index < -0.39 is 11.9 Å². The van der Waals surface area contributed by atoms with Crippen molar-refractivity contribution in [2.75, 3.05) is 5.32 Å². The van der Waals surface area contributed by atoms with Crippen molar-refractivity contribution >= 4 is 5.69 Å². The standard InChI is InChI=1S/C16H19F3N2/c17-16(18,19)15-5-4-10(8-20-15)21-14-7-9-6-13(14)12-3-1-2-11(9)12/h4-5,8-9,11-14,21H,1-3,6-7H2. The van der Waals surface area contributed by atoms with Crippen molar-refractivity contribution in [3.63, 3.8) is 0 Å². The zero-order chi connectivity index (χ0) is 14.6. The average Bonchev–Trinajstić information content (AvgIpc) is 3.10. The predicted octanol–water partition coefficient (Wildman–Crippen LogP) is 4.34. The van der Waals surface area contributed by atoms with Crippen molar-refractivity contribution < 1.29 is 13.2 Å². The Hall–Kier alpha value is -1.26. The first-order valence-electron chi connectivity index (χ1n) is 7.82. The summed E-state index contributed by atoms with van der Waals surface area (Å²) in [6, 6.07) is 3.00. The largest absolute Gasteiger partial charge is 0.433 e. The summed E-state index contributed by atoms with van der Waals surface area (Å²) in [7, 11) is 0. The summed E-state index contributed by atoms with van der Waals surface area (Å²) in [5.74, 6) is 3.33. The van der Waals surface area contributed by atoms with Crippen LogP contribution in [-0.4, -0.2) is 11.0 Å². The summed E-state index contributed by atoms with van der Waals surface area (Å²) >= 11 is 0. The fourth-order valence-electron chi connectivity index (χ4n) is 5.10. The summed E-state index contributed by atoms with van der Waals surface area (Å²) in [5, 5.41) is 3.43. The maximum absolute atomic E-state index is 12.5. The van der Waals surface area contributed by atoms with Crippen LogP contribution < -0.4 is 5.32 Å². The number of rotatable bonds is 2. The summed E-state index contributed by atoms with van der Waals surface area (Å²) in [5.41, 5.74) is -0.105. The van der Waals surface area contributed by atoms with Gasteiger partial charge < -0.3 is 5.32 Å². The third-order valence-electron chi connectivity index (χ3n) is 5.83. The molecule has 2 bridgehead atoms. The second kappa shape index (κ2) is 4.62. The lowest BCUT2D eigenvalue weighted by molar-refractivity contribution is -0.141. The summed E-state index contributed by atoms with van der Waals surface area (Å²) in [6.07, 6.45) is 3.53. The molecule has 1 aromatic rings. The van der Waals surface area contributed by atoms with E-state index in [1.807, 2.05) is 0 Å². The third kappa shape index (κ3) is 2.21. The van der Waals surface area contributed by atoms with Crippen LogP contribution in [0.5, 0.6) is 0 Å². The van der Waals surface area contributed by atoms with Crippen LogP contribution in [0, 0.1) is 23.7 Å². The molecule has 1 aromatic heterocycles. The zero-order valence-electron chi connectivity index (χ0n) is 11.7. The van der Waals surface area contributed by atoms with E-state index in [0.717, 1.165) is 29.5 Å². The molecule has 114 valence electrons. The Labute approximate surface area is 122 Å². The molecule has 0 aromatic carbocycles. The molecule has 3 aliphatic carbocycles. The molecule has 3 aliphatic rings. The highest BCUT2D eigenvalue weighted by Gasteiger charge is 2.53. The van der Waals surface area contributed by atoms with Gasteiger partial charge in [0.2, 0.25) is 0 Å². The van der Waals surface area contributed by atoms with Crippen LogP contribution in [0.2, 0.25) is 0 Å². The van der Waals surface area contributed by atoms with Gasteiger partial charge in [0.15, 0.2) is 0 Å². The van der Waals surface area contributed by atoms with Crippen molar-refractivity contribution in [2.45, 2.75) is 44.3 Å². The van der Waals surface area contributed by atoms with Crippen molar-refractivity contribution in [1.29, 1.82) is 0 Å². The van der Waals surface area contributed by atoms with Gasteiger partial charge in [0.05, 0.1) is 11.9 Å². The number of alkyl halides is 3. The Bertz CT molecular complexity index is 525. The topological polar surface area (TPSA) is 24.9 Å². The molecule has 0 radical (unpaired) electrons. The Morgan fingerprint density at radius 2 is 1.86 bits per heavy atom. The molecule has 3 saturated carbocycles. The first kappa shape index (κ1) is 13.4. The van der Waals surface area contributed by atoms with E-state index in [1.54, 1.807) is 0 Å². The van der Waals surface area contributed by atoms with Gasteiger partial charge in [-0.15, -0.1) is 0 Å². The van der Waals surface area contributed by atoms with E-state index in [9.17, 15) is 13.2 Å². The molecule has 5 atom stereocenters. The van der Waals surface area contributed by atoms with E-state index in [-0.39, 0.29) is 0 Å². The van der Waals surface area contributed by atoms with Crippen LogP contribution in [0.1, 0.15) is 37.8 Å². The highest BCUT2D eigenvalue weighted by molar-refractivity contribution is 5.43. The highest BCUT2D eigenvalue weighted by Crippen LogP contribution is 2.59. The molecule has 1 heterocycles. The molecule has 21 heavy (non-hydrogen) atoms. The molecular formula is C16H19F3N2. The van der Waals surface area contributed by atoms with Gasteiger partial charge in [-0.1, -0.05) is 6.42 Å². The van der Waals surface area contributed by atoms with Crippen molar-refractivity contribution in [1.82, 2.24) is 4.98 Å². The van der Waals surface area contributed by atoms with Crippen molar-refractivity contribution in [3.8, 4) is 0 Å². The zero-order valence-corrected chi connectivity index (χ0v) is 11.7. The minimum absolute atomic E-state index is 0.424. The molecule has 1 N–H and O–H groups in total. The second-order valence-corrected chi connectivity index (χ2v) is 6.83. The smallest absolute Gasteiger partial charge is 0.381 e. The van der Waals surface area contributed by atoms with Crippen molar-refractivity contribution in [3.05, 3.63) is 24.0 Å². The number of hydrogen-bond acceptors (Lipinski definition) is 2. The normalized spacial score (nSPS) is 37.8. The molecule has 5 unspecified atom stereocenters. The molecular weight excluding hydrogens is 277 g/mol. The minimum Gasteiger partial charge on any atom is -0.381 e. The lowest BCUT2D eigenvalue weighted by Crippen LogP contribution is -2.33. The van der Waals surface area contributed by atoms with Crippen LogP contribution >= 0.6 is 0 Å². The van der Waals surface area contributed by atoms with E-state index in [2.05, 4.69) is 10.3 Å². The molecule has 0 amide bonds. The Morgan fingerprint density at radius 1 is 1.05 bits per heavy atom. The maximum Gasteiger partial charge on any atom is 0.433 e. The Balaban J connectivity index is 1.45. The van der Waals surface area contributed by atoms with Gasteiger partial charge in [-0.3, -0.25) is 0 Å². The number of nitrogens with zero attached hydrogens (tertiary/aromatic N) is 1. The van der Waals surface area contributed by atoms with Gasteiger partial charge in [-0.05, 0) is 61.5 Å². The van der Waals surface area contributed by atoms with Gasteiger partial charge in [0.25, 0.3) is 0 Å². The number of halogens is 3. The van der Waals surface area contributed by atoms with E-state index in [1.165, 1.54) is 44.4 Å². The molecule has 0 saturated heterocycles. The molecule has 4 rings (SSSR count). The van der Waals surface area contributed by atoms with Crippen LogP contribution in [-0.2, 0) is 6.18 Å². The van der Waals surface area contributed by atoms with Gasteiger partial charge in [0, 0.05) is 6.04 Å². The molecule has 3 fully saturated rings. The quantitative estimate of drug-likeness (QED) is 0.878. The lowest BCUT2D eigenvalue weighted by atomic mass is 9.79. The number of fused-ring (bicyclic) bond motifs is 5. The summed E-state index contributed by atoms with van der Waals surface area (Å²) < 4.78 is 37.5.